The van der Waals surface area contributed by atoms with E-state index in [0.29, 0.717) is 5.69 Å². The van der Waals surface area contributed by atoms with Crippen LogP contribution >= 0.6 is 12.2 Å². The van der Waals surface area contributed by atoms with Gasteiger partial charge < -0.3 is 16.8 Å². The molecule has 0 saturated carbocycles. The third-order valence-electron chi connectivity index (χ3n) is 2.31. The standard InChI is InChI=1S/C11H16N4OS/c1-6(2)9(10(12)16)15-7-3-4-14-8(5-7)11(13)17/h3-6,9H,1-2H3,(H2,12,16)(H2,13,17)(H,14,15). The summed E-state index contributed by atoms with van der Waals surface area (Å²) in [5.41, 5.74) is 12.0. The van der Waals surface area contributed by atoms with Crippen LogP contribution in [0, 0.1) is 5.92 Å². The second-order valence-corrected chi connectivity index (χ2v) is 4.50. The van der Waals surface area contributed by atoms with E-state index in [-0.39, 0.29) is 10.9 Å². The van der Waals surface area contributed by atoms with E-state index in [1.165, 1.54) is 0 Å². The van der Waals surface area contributed by atoms with Crippen molar-refractivity contribution in [2.24, 2.45) is 17.4 Å². The lowest BCUT2D eigenvalue weighted by atomic mass is 10.0. The van der Waals surface area contributed by atoms with E-state index in [2.05, 4.69) is 10.3 Å². The number of nitrogens with two attached hydrogens (primary N) is 2. The van der Waals surface area contributed by atoms with Gasteiger partial charge >= 0.3 is 0 Å². The average molecular weight is 252 g/mol. The third kappa shape index (κ3) is 3.67. The fourth-order valence-electron chi connectivity index (χ4n) is 1.40. The monoisotopic (exact) mass is 252 g/mol. The Bertz CT molecular complexity index is 433. The molecule has 0 bridgehead atoms. The van der Waals surface area contributed by atoms with E-state index in [4.69, 9.17) is 23.7 Å². The van der Waals surface area contributed by atoms with Crippen LogP contribution in [0.2, 0.25) is 0 Å². The summed E-state index contributed by atoms with van der Waals surface area (Å²) in [6, 6.07) is 3.00. The van der Waals surface area contributed by atoms with Crippen LogP contribution in [0.1, 0.15) is 19.5 Å². The number of aromatic nitrogens is 1. The van der Waals surface area contributed by atoms with Gasteiger partial charge in [-0.05, 0) is 18.1 Å². The van der Waals surface area contributed by atoms with Crippen molar-refractivity contribution in [3.8, 4) is 0 Å². The largest absolute Gasteiger partial charge is 0.388 e. The van der Waals surface area contributed by atoms with E-state index >= 15 is 0 Å². The van der Waals surface area contributed by atoms with Crippen LogP contribution in [0.3, 0.4) is 0 Å². The number of carbonyl (C=O) groups excluding carboxylic acids is 1. The summed E-state index contributed by atoms with van der Waals surface area (Å²) in [5.74, 6) is -0.303. The van der Waals surface area contributed by atoms with Crippen molar-refractivity contribution < 1.29 is 4.79 Å². The molecular weight excluding hydrogens is 236 g/mol. The summed E-state index contributed by atoms with van der Waals surface area (Å²) in [7, 11) is 0. The highest BCUT2D eigenvalue weighted by Gasteiger charge is 2.19. The van der Waals surface area contributed by atoms with Gasteiger partial charge in [-0.3, -0.25) is 9.78 Å². The Hall–Kier alpha value is -1.69. The van der Waals surface area contributed by atoms with Crippen molar-refractivity contribution in [1.82, 2.24) is 4.98 Å². The molecule has 92 valence electrons. The molecule has 0 saturated heterocycles. The van der Waals surface area contributed by atoms with Crippen LogP contribution in [-0.2, 0) is 4.79 Å². The molecule has 1 heterocycles. The number of hydrogen-bond acceptors (Lipinski definition) is 4. The molecule has 0 aromatic carbocycles. The van der Waals surface area contributed by atoms with E-state index in [1.54, 1.807) is 18.3 Å². The number of hydrogen-bond donors (Lipinski definition) is 3. The fraction of sp³-hybridized carbons (Fsp3) is 0.364. The summed E-state index contributed by atoms with van der Waals surface area (Å²) < 4.78 is 0. The van der Waals surface area contributed by atoms with Gasteiger partial charge in [-0.15, -0.1) is 0 Å². The van der Waals surface area contributed by atoms with Gasteiger partial charge in [0, 0.05) is 11.9 Å². The minimum atomic E-state index is -0.434. The minimum Gasteiger partial charge on any atom is -0.388 e. The van der Waals surface area contributed by atoms with Gasteiger partial charge in [0.25, 0.3) is 0 Å². The molecule has 1 aromatic rings. The van der Waals surface area contributed by atoms with Gasteiger partial charge in [0.15, 0.2) is 0 Å². The van der Waals surface area contributed by atoms with E-state index in [0.717, 1.165) is 5.69 Å². The first-order valence-electron chi connectivity index (χ1n) is 5.23. The van der Waals surface area contributed by atoms with E-state index in [1.807, 2.05) is 13.8 Å². The van der Waals surface area contributed by atoms with E-state index in [9.17, 15) is 4.79 Å². The maximum Gasteiger partial charge on any atom is 0.240 e. The number of pyridine rings is 1. The van der Waals surface area contributed by atoms with Gasteiger partial charge in [0.05, 0.1) is 5.69 Å². The number of carbonyl (C=O) groups is 1. The highest BCUT2D eigenvalue weighted by molar-refractivity contribution is 7.80. The summed E-state index contributed by atoms with van der Waals surface area (Å²) in [6.45, 7) is 3.83. The van der Waals surface area contributed by atoms with Gasteiger partial charge in [0.1, 0.15) is 11.0 Å². The number of nitrogens with zero attached hydrogens (tertiary/aromatic N) is 1. The lowest BCUT2D eigenvalue weighted by Gasteiger charge is -2.20. The Labute approximate surface area is 106 Å². The molecule has 0 radical (unpaired) electrons. The summed E-state index contributed by atoms with van der Waals surface area (Å²) in [5, 5.41) is 3.04. The predicted molar refractivity (Wildman–Crippen MR) is 71.6 cm³/mol. The summed E-state index contributed by atoms with van der Waals surface area (Å²) in [4.78, 5) is 15.5. The maximum atomic E-state index is 11.3. The molecule has 5 nitrogen and oxygen atoms in total. The van der Waals surface area contributed by atoms with Gasteiger partial charge in [-0.1, -0.05) is 26.1 Å². The first-order valence-corrected chi connectivity index (χ1v) is 5.64. The third-order valence-corrected chi connectivity index (χ3v) is 2.52. The lowest BCUT2D eigenvalue weighted by Crippen LogP contribution is -2.39. The molecule has 5 N–H and O–H groups in total. The molecule has 0 fully saturated rings. The Morgan fingerprint density at radius 2 is 2.12 bits per heavy atom. The molecule has 1 unspecified atom stereocenters. The number of thiocarbonyl (C=S) groups is 1. The molecule has 17 heavy (non-hydrogen) atoms. The second-order valence-electron chi connectivity index (χ2n) is 4.06. The van der Waals surface area contributed by atoms with E-state index < -0.39 is 11.9 Å². The smallest absolute Gasteiger partial charge is 0.240 e. The zero-order chi connectivity index (χ0) is 13.0. The quantitative estimate of drug-likeness (QED) is 0.668. The number of primary amides is 1. The molecule has 0 aliphatic heterocycles. The Kier molecular flexibility index (Phi) is 4.39. The molecule has 1 atom stereocenters. The molecule has 1 amide bonds. The Morgan fingerprint density at radius 1 is 1.47 bits per heavy atom. The molecule has 1 rings (SSSR count). The van der Waals surface area contributed by atoms with Crippen molar-refractivity contribution >= 4 is 28.8 Å². The predicted octanol–water partition coefficient (Wildman–Crippen LogP) is 0.638. The van der Waals surface area contributed by atoms with Gasteiger partial charge in [-0.25, -0.2) is 0 Å². The normalized spacial score (nSPS) is 12.2. The SMILES string of the molecule is CC(C)C(Nc1ccnc(C(N)=S)c1)C(N)=O. The van der Waals surface area contributed by atoms with Crippen LogP contribution in [-0.4, -0.2) is 21.9 Å². The summed E-state index contributed by atoms with van der Waals surface area (Å²) in [6.07, 6.45) is 1.58. The van der Waals surface area contributed by atoms with Crippen molar-refractivity contribution in [2.45, 2.75) is 19.9 Å². The van der Waals surface area contributed by atoms with Gasteiger partial charge in [0.2, 0.25) is 5.91 Å². The second kappa shape index (κ2) is 5.58. The zero-order valence-electron chi connectivity index (χ0n) is 9.81. The van der Waals surface area contributed by atoms with Gasteiger partial charge in [-0.2, -0.15) is 0 Å². The zero-order valence-corrected chi connectivity index (χ0v) is 10.6. The van der Waals surface area contributed by atoms with Crippen LogP contribution in [0.4, 0.5) is 5.69 Å². The van der Waals surface area contributed by atoms with Crippen LogP contribution in [0.15, 0.2) is 18.3 Å². The highest BCUT2D eigenvalue weighted by Crippen LogP contribution is 2.13. The highest BCUT2D eigenvalue weighted by atomic mass is 32.1. The van der Waals surface area contributed by atoms with Crippen molar-refractivity contribution in [3.63, 3.8) is 0 Å². The number of rotatable bonds is 5. The molecule has 6 heteroatoms. The number of anilines is 1. The molecule has 0 aliphatic carbocycles. The lowest BCUT2D eigenvalue weighted by molar-refractivity contribution is -0.119. The number of amides is 1. The Balaban J connectivity index is 2.90. The van der Waals surface area contributed by atoms with Crippen molar-refractivity contribution in [3.05, 3.63) is 24.0 Å². The molecular formula is C11H16N4OS. The van der Waals surface area contributed by atoms with Crippen molar-refractivity contribution in [2.75, 3.05) is 5.32 Å². The minimum absolute atomic E-state index is 0.0916. The molecule has 0 aliphatic rings. The first-order chi connectivity index (χ1) is 7.91. The molecule has 1 aromatic heterocycles. The maximum absolute atomic E-state index is 11.3. The first kappa shape index (κ1) is 13.4. The van der Waals surface area contributed by atoms with Crippen LogP contribution < -0.4 is 16.8 Å². The number of nitrogens with one attached hydrogen (secondary N) is 1. The Morgan fingerprint density at radius 3 is 2.59 bits per heavy atom. The fourth-order valence-corrected chi connectivity index (χ4v) is 1.51. The average Bonchev–Trinajstić information content (AvgIpc) is 2.25. The topological polar surface area (TPSA) is 94.0 Å². The van der Waals surface area contributed by atoms with Crippen LogP contribution in [0.25, 0.3) is 0 Å². The summed E-state index contributed by atoms with van der Waals surface area (Å²) >= 11 is 4.83. The van der Waals surface area contributed by atoms with Crippen LogP contribution in [0.5, 0.6) is 0 Å². The molecule has 0 spiro atoms. The van der Waals surface area contributed by atoms with Crippen molar-refractivity contribution in [1.29, 1.82) is 0 Å².